The first-order chi connectivity index (χ1) is 21.2. The van der Waals surface area contributed by atoms with Crippen LogP contribution in [0.25, 0.3) is 10.2 Å². The lowest BCUT2D eigenvalue weighted by Crippen LogP contribution is -2.52. The van der Waals surface area contributed by atoms with Crippen LogP contribution >= 0.6 is 11.3 Å². The van der Waals surface area contributed by atoms with Crippen molar-refractivity contribution in [3.8, 4) is 0 Å². The van der Waals surface area contributed by atoms with Crippen LogP contribution in [-0.4, -0.2) is 92.9 Å². The van der Waals surface area contributed by atoms with Gasteiger partial charge in [-0.1, -0.05) is 51.1 Å². The second-order valence-corrected chi connectivity index (χ2v) is 16.5. The van der Waals surface area contributed by atoms with Crippen LogP contribution in [0.15, 0.2) is 58.9 Å². The number of carbonyl (C=O) groups is 2. The van der Waals surface area contributed by atoms with Gasteiger partial charge in [0, 0.05) is 38.5 Å². The zero-order valence-corrected chi connectivity index (χ0v) is 28.2. The number of fused-ring (bicyclic) bond motifs is 1. The number of nitrogens with zero attached hydrogens (tertiary/aromatic N) is 2. The number of nitrogens with two attached hydrogens (primary N) is 1. The summed E-state index contributed by atoms with van der Waals surface area (Å²) in [5.74, 6) is -3.03. The highest BCUT2D eigenvalue weighted by molar-refractivity contribution is 7.91. The molecule has 0 aliphatic rings. The molecule has 0 saturated carbocycles. The lowest BCUT2D eigenvalue weighted by molar-refractivity contribution is -0.125. The van der Waals surface area contributed by atoms with Crippen molar-refractivity contribution in [1.29, 1.82) is 0 Å². The third kappa shape index (κ3) is 11.1. The number of carbonyl (C=O) groups excluding carboxylic acids is 2. The van der Waals surface area contributed by atoms with E-state index in [0.29, 0.717) is 5.52 Å². The fraction of sp³-hybridized carbons (Fsp3) is 0.500. The number of sulfonamides is 1. The Hall–Kier alpha value is -2.95. The standard InChI is InChI=1S/C30H43N5O7S3/c1-21(2)17-35(45(41,42)24-9-10-25-28(16-24)43-20-33-25)18-27(36)26(15-23-7-5-4-6-8-23)34-30(38)22(3)19-44(39,40)14-11-29(37)32-13-12-31/h4-10,16,20-22,26-27,36H,11-15,17-19,31H2,1-3H3,(H,32,37)(H,34,38)/t22-,26?,27-/m1/s1. The van der Waals surface area contributed by atoms with Gasteiger partial charge in [0.05, 0.1) is 44.3 Å². The van der Waals surface area contributed by atoms with Crippen LogP contribution in [0, 0.1) is 11.8 Å². The van der Waals surface area contributed by atoms with Gasteiger partial charge < -0.3 is 21.5 Å². The molecule has 5 N–H and O–H groups in total. The van der Waals surface area contributed by atoms with Gasteiger partial charge in [-0.05, 0) is 36.1 Å². The normalized spacial score (nSPS) is 14.4. The molecule has 1 unspecified atom stereocenters. The predicted octanol–water partition coefficient (Wildman–Crippen LogP) is 1.55. The van der Waals surface area contributed by atoms with E-state index in [1.165, 1.54) is 28.6 Å². The van der Waals surface area contributed by atoms with Gasteiger partial charge in [-0.3, -0.25) is 9.59 Å². The van der Waals surface area contributed by atoms with E-state index < -0.39 is 61.2 Å². The molecule has 1 heterocycles. The molecule has 248 valence electrons. The molecule has 2 amide bonds. The molecule has 1 aromatic heterocycles. The van der Waals surface area contributed by atoms with Crippen molar-refractivity contribution in [2.45, 2.75) is 50.7 Å². The molecule has 0 aliphatic carbocycles. The monoisotopic (exact) mass is 681 g/mol. The second-order valence-electron chi connectivity index (χ2n) is 11.5. The summed E-state index contributed by atoms with van der Waals surface area (Å²) in [4.78, 5) is 29.4. The molecule has 2 aromatic carbocycles. The van der Waals surface area contributed by atoms with Crippen LogP contribution in [0.3, 0.4) is 0 Å². The number of thiazole rings is 1. The van der Waals surface area contributed by atoms with E-state index in [0.717, 1.165) is 10.3 Å². The highest BCUT2D eigenvalue weighted by atomic mass is 32.2. The summed E-state index contributed by atoms with van der Waals surface area (Å²) in [7, 11) is -7.80. The summed E-state index contributed by atoms with van der Waals surface area (Å²) in [6.45, 7) is 5.49. The molecular weight excluding hydrogens is 639 g/mol. The molecule has 0 saturated heterocycles. The summed E-state index contributed by atoms with van der Waals surface area (Å²) >= 11 is 1.33. The first-order valence-electron chi connectivity index (χ1n) is 14.7. The SMILES string of the molecule is CC(C)CN(C[C@@H](O)C(Cc1ccccc1)NC(=O)[C@H](C)CS(=O)(=O)CCC(=O)NCCN)S(=O)(=O)c1ccc2ncsc2c1. The maximum Gasteiger partial charge on any atom is 0.243 e. The molecule has 45 heavy (non-hydrogen) atoms. The average Bonchev–Trinajstić information content (AvgIpc) is 3.46. The number of benzene rings is 2. The Morgan fingerprint density at radius 1 is 1.04 bits per heavy atom. The number of amides is 2. The highest BCUT2D eigenvalue weighted by Gasteiger charge is 2.33. The van der Waals surface area contributed by atoms with Crippen molar-refractivity contribution in [2.75, 3.05) is 37.7 Å². The minimum Gasteiger partial charge on any atom is -0.390 e. The molecule has 15 heteroatoms. The van der Waals surface area contributed by atoms with Crippen LogP contribution in [-0.2, 0) is 35.9 Å². The van der Waals surface area contributed by atoms with Crippen LogP contribution < -0.4 is 16.4 Å². The van der Waals surface area contributed by atoms with Crippen molar-refractivity contribution in [2.24, 2.45) is 17.6 Å². The lowest BCUT2D eigenvalue weighted by atomic mass is 10.00. The summed E-state index contributed by atoms with van der Waals surface area (Å²) < 4.78 is 54.9. The molecule has 0 bridgehead atoms. The van der Waals surface area contributed by atoms with Gasteiger partial charge in [0.25, 0.3) is 0 Å². The maximum atomic E-state index is 13.8. The topological polar surface area (TPSA) is 189 Å². The van der Waals surface area contributed by atoms with Crippen molar-refractivity contribution < 1.29 is 31.5 Å². The molecule has 0 fully saturated rings. The number of aromatic nitrogens is 1. The molecule has 0 spiro atoms. The van der Waals surface area contributed by atoms with Crippen molar-refractivity contribution in [1.82, 2.24) is 19.9 Å². The van der Waals surface area contributed by atoms with Crippen LogP contribution in [0.2, 0.25) is 0 Å². The van der Waals surface area contributed by atoms with E-state index >= 15 is 0 Å². The van der Waals surface area contributed by atoms with Gasteiger partial charge in [0.15, 0.2) is 9.84 Å². The van der Waals surface area contributed by atoms with Gasteiger partial charge in [-0.15, -0.1) is 11.3 Å². The van der Waals surface area contributed by atoms with Crippen LogP contribution in [0.5, 0.6) is 0 Å². The predicted molar refractivity (Wildman–Crippen MR) is 176 cm³/mol. The van der Waals surface area contributed by atoms with Gasteiger partial charge in [-0.2, -0.15) is 4.31 Å². The summed E-state index contributed by atoms with van der Waals surface area (Å²) in [6.07, 6.45) is -1.40. The summed E-state index contributed by atoms with van der Waals surface area (Å²) in [6, 6.07) is 12.9. The Morgan fingerprint density at radius 2 is 1.76 bits per heavy atom. The Balaban J connectivity index is 1.79. The Morgan fingerprint density at radius 3 is 2.42 bits per heavy atom. The van der Waals surface area contributed by atoms with Crippen molar-refractivity contribution in [3.63, 3.8) is 0 Å². The molecule has 3 rings (SSSR count). The molecular formula is C30H43N5O7S3. The molecule has 3 aromatic rings. The molecule has 0 radical (unpaired) electrons. The fourth-order valence-electron chi connectivity index (χ4n) is 4.72. The van der Waals surface area contributed by atoms with E-state index in [1.807, 2.05) is 44.2 Å². The lowest BCUT2D eigenvalue weighted by Gasteiger charge is -2.31. The zero-order chi connectivity index (χ0) is 33.2. The van der Waals surface area contributed by atoms with Crippen LogP contribution in [0.4, 0.5) is 0 Å². The Kier molecular flexibility index (Phi) is 13.4. The number of hydrogen-bond acceptors (Lipinski definition) is 10. The number of rotatable bonds is 18. The van der Waals surface area contributed by atoms with Crippen molar-refractivity contribution in [3.05, 3.63) is 59.6 Å². The van der Waals surface area contributed by atoms with E-state index in [1.54, 1.807) is 17.6 Å². The number of aliphatic hydroxyl groups excluding tert-OH is 1. The fourth-order valence-corrected chi connectivity index (χ4v) is 8.74. The quantitative estimate of drug-likeness (QED) is 0.154. The van der Waals surface area contributed by atoms with E-state index in [-0.39, 0.29) is 49.8 Å². The Bertz CT molecular complexity index is 1630. The Labute approximate surface area is 269 Å². The second kappa shape index (κ2) is 16.6. The first kappa shape index (κ1) is 36.5. The third-order valence-electron chi connectivity index (χ3n) is 7.05. The average molecular weight is 682 g/mol. The van der Waals surface area contributed by atoms with E-state index in [9.17, 15) is 31.5 Å². The number of hydrogen-bond donors (Lipinski definition) is 4. The zero-order valence-electron chi connectivity index (χ0n) is 25.8. The number of sulfone groups is 1. The summed E-state index contributed by atoms with van der Waals surface area (Å²) in [5.41, 5.74) is 8.46. The maximum absolute atomic E-state index is 13.8. The highest BCUT2D eigenvalue weighted by Crippen LogP contribution is 2.25. The third-order valence-corrected chi connectivity index (χ3v) is 11.5. The van der Waals surface area contributed by atoms with Gasteiger partial charge in [0.1, 0.15) is 0 Å². The van der Waals surface area contributed by atoms with Gasteiger partial charge in [-0.25, -0.2) is 21.8 Å². The van der Waals surface area contributed by atoms with Gasteiger partial charge in [0.2, 0.25) is 21.8 Å². The largest absolute Gasteiger partial charge is 0.390 e. The van der Waals surface area contributed by atoms with Crippen LogP contribution in [0.1, 0.15) is 32.8 Å². The molecule has 12 nitrogen and oxygen atoms in total. The van der Waals surface area contributed by atoms with E-state index in [2.05, 4.69) is 15.6 Å². The number of aliphatic hydroxyl groups is 1. The first-order valence-corrected chi connectivity index (χ1v) is 18.9. The van der Waals surface area contributed by atoms with Crippen molar-refractivity contribution >= 4 is 53.2 Å². The number of nitrogens with one attached hydrogen (secondary N) is 2. The smallest absolute Gasteiger partial charge is 0.243 e. The summed E-state index contributed by atoms with van der Waals surface area (Å²) in [5, 5.41) is 16.8. The minimum absolute atomic E-state index is 0.0658. The van der Waals surface area contributed by atoms with Gasteiger partial charge >= 0.3 is 0 Å². The molecule has 3 atom stereocenters. The molecule has 0 aliphatic heterocycles. The van der Waals surface area contributed by atoms with E-state index in [4.69, 9.17) is 5.73 Å². The minimum atomic E-state index is -4.03.